The smallest absolute Gasteiger partial charge is 0.355 e. The third kappa shape index (κ3) is 6.03. The third-order valence-corrected chi connectivity index (χ3v) is 6.12. The van der Waals surface area contributed by atoms with Crippen LogP contribution in [0.25, 0.3) is 0 Å². The molecule has 0 aliphatic rings. The monoisotopic (exact) mass is 436 g/mol. The summed E-state index contributed by atoms with van der Waals surface area (Å²) in [6.07, 6.45) is 1.64. The van der Waals surface area contributed by atoms with Crippen molar-refractivity contribution in [3.05, 3.63) is 64.5 Å². The largest absolute Gasteiger partial charge is 0.359 e. The molecule has 0 saturated heterocycles. The minimum absolute atomic E-state index is 0.229. The zero-order valence-electron chi connectivity index (χ0n) is 18.0. The van der Waals surface area contributed by atoms with Gasteiger partial charge in [-0.05, 0) is 74.9 Å². The Labute approximate surface area is 178 Å². The second-order valence-electron chi connectivity index (χ2n) is 7.82. The van der Waals surface area contributed by atoms with Crippen LogP contribution < -0.4 is 10.0 Å². The molecule has 2 aromatic rings. The first-order chi connectivity index (χ1) is 14.0. The molecule has 1 amide bonds. The summed E-state index contributed by atoms with van der Waals surface area (Å²) in [7, 11) is -3.10. The Morgan fingerprint density at radius 1 is 1.10 bits per heavy atom. The predicted molar refractivity (Wildman–Crippen MR) is 116 cm³/mol. The van der Waals surface area contributed by atoms with Crippen LogP contribution in [0.3, 0.4) is 0 Å². The van der Waals surface area contributed by atoms with Crippen LogP contribution in [-0.4, -0.2) is 28.0 Å². The van der Waals surface area contributed by atoms with Gasteiger partial charge >= 0.3 is 10.3 Å². The molecule has 2 rings (SSSR count). The number of anilines is 1. The molecule has 0 radical (unpaired) electrons. The molecule has 0 heterocycles. The van der Waals surface area contributed by atoms with Crippen LogP contribution in [0.5, 0.6) is 0 Å². The second-order valence-corrected chi connectivity index (χ2v) is 9.27. The van der Waals surface area contributed by atoms with Crippen molar-refractivity contribution >= 4 is 21.9 Å². The number of carbonyl (C=O) groups is 1. The van der Waals surface area contributed by atoms with Gasteiger partial charge in [-0.25, -0.2) is 4.39 Å². The van der Waals surface area contributed by atoms with Crippen molar-refractivity contribution in [2.75, 3.05) is 18.4 Å². The number of amides is 1. The molecule has 0 aliphatic carbocycles. The number of benzene rings is 2. The zero-order chi connectivity index (χ0) is 22.5. The third-order valence-electron chi connectivity index (χ3n) is 5.21. The number of halogens is 1. The number of hydrogen-bond acceptors (Lipinski definition) is 4. The van der Waals surface area contributed by atoms with Gasteiger partial charge in [0.2, 0.25) is 5.91 Å². The normalized spacial score (nSPS) is 11.9. The predicted octanol–water partition coefficient (Wildman–Crippen LogP) is 3.77. The summed E-state index contributed by atoms with van der Waals surface area (Å²) in [4.78, 5) is 12.7. The van der Waals surface area contributed by atoms with Crippen molar-refractivity contribution < 1.29 is 21.8 Å². The first-order valence-electron chi connectivity index (χ1n) is 9.69. The van der Waals surface area contributed by atoms with Crippen molar-refractivity contribution in [2.45, 2.75) is 46.0 Å². The van der Waals surface area contributed by atoms with Gasteiger partial charge in [0, 0.05) is 6.54 Å². The van der Waals surface area contributed by atoms with E-state index < -0.39 is 21.5 Å². The lowest BCUT2D eigenvalue weighted by molar-refractivity contribution is -0.125. The van der Waals surface area contributed by atoms with Gasteiger partial charge in [0.1, 0.15) is 5.82 Å². The molecule has 0 atom stereocenters. The molecule has 164 valence electrons. The van der Waals surface area contributed by atoms with Crippen LogP contribution in [0.1, 0.15) is 42.5 Å². The standard InChI is InChI=1S/C22H29FN2O4S/c1-15-8-9-17(13-16(15)2)7-6-12-24-21(26)22(3,4)18-10-11-20(19(23)14-18)25-30(27,28)29-5/h8-11,13-14,25H,6-7,12H2,1-5H3,(H,24,26). The maximum absolute atomic E-state index is 14.4. The maximum atomic E-state index is 14.4. The summed E-state index contributed by atoms with van der Waals surface area (Å²) in [5.41, 5.74) is 2.93. The molecule has 30 heavy (non-hydrogen) atoms. The van der Waals surface area contributed by atoms with Crippen LogP contribution in [0.4, 0.5) is 10.1 Å². The van der Waals surface area contributed by atoms with Gasteiger partial charge in [0.05, 0.1) is 18.2 Å². The Morgan fingerprint density at radius 2 is 1.80 bits per heavy atom. The molecule has 0 unspecified atom stereocenters. The van der Waals surface area contributed by atoms with Gasteiger partial charge in [0.25, 0.3) is 0 Å². The molecule has 0 spiro atoms. The molecule has 6 nitrogen and oxygen atoms in total. The number of rotatable bonds is 9. The van der Waals surface area contributed by atoms with Crippen LogP contribution in [-0.2, 0) is 31.1 Å². The second kappa shape index (κ2) is 9.57. The van der Waals surface area contributed by atoms with Gasteiger partial charge < -0.3 is 5.32 Å². The lowest BCUT2D eigenvalue weighted by atomic mass is 9.83. The van der Waals surface area contributed by atoms with Crippen molar-refractivity contribution in [3.63, 3.8) is 0 Å². The van der Waals surface area contributed by atoms with E-state index in [-0.39, 0.29) is 11.6 Å². The highest BCUT2D eigenvalue weighted by Crippen LogP contribution is 2.27. The Bertz CT molecular complexity index is 1020. The maximum Gasteiger partial charge on any atom is 0.359 e. The summed E-state index contributed by atoms with van der Waals surface area (Å²) in [5.74, 6) is -1.02. The molecule has 8 heteroatoms. The Hall–Kier alpha value is -2.45. The Morgan fingerprint density at radius 3 is 2.40 bits per heavy atom. The summed E-state index contributed by atoms with van der Waals surface area (Å²) in [6.45, 7) is 8.04. The highest BCUT2D eigenvalue weighted by molar-refractivity contribution is 7.88. The summed E-state index contributed by atoms with van der Waals surface area (Å²) in [5, 5.41) is 2.91. The zero-order valence-corrected chi connectivity index (χ0v) is 18.8. The van der Waals surface area contributed by atoms with Crippen molar-refractivity contribution in [2.24, 2.45) is 0 Å². The lowest BCUT2D eigenvalue weighted by Gasteiger charge is -2.25. The molecule has 2 aromatic carbocycles. The number of carbonyl (C=O) groups excluding carboxylic acids is 1. The fourth-order valence-corrected chi connectivity index (χ4v) is 3.49. The molecular formula is C22H29FN2O4S. The topological polar surface area (TPSA) is 84.5 Å². The van der Waals surface area contributed by atoms with E-state index in [0.29, 0.717) is 12.1 Å². The molecule has 0 aromatic heterocycles. The van der Waals surface area contributed by atoms with Crippen LogP contribution in [0.15, 0.2) is 36.4 Å². The van der Waals surface area contributed by atoms with E-state index in [1.807, 2.05) is 4.72 Å². The van der Waals surface area contributed by atoms with Gasteiger partial charge in [-0.15, -0.1) is 0 Å². The molecular weight excluding hydrogens is 407 g/mol. The fraction of sp³-hybridized carbons (Fsp3) is 0.409. The average molecular weight is 437 g/mol. The number of aryl methyl sites for hydroxylation is 3. The van der Waals surface area contributed by atoms with Crippen LogP contribution >= 0.6 is 0 Å². The van der Waals surface area contributed by atoms with E-state index >= 15 is 0 Å². The van der Waals surface area contributed by atoms with Crippen molar-refractivity contribution in [3.8, 4) is 0 Å². The van der Waals surface area contributed by atoms with Crippen LogP contribution in [0, 0.1) is 19.7 Å². The van der Waals surface area contributed by atoms with E-state index in [1.165, 1.54) is 28.8 Å². The van der Waals surface area contributed by atoms with E-state index in [0.717, 1.165) is 26.0 Å². The highest BCUT2D eigenvalue weighted by atomic mass is 32.2. The molecule has 0 bridgehead atoms. The highest BCUT2D eigenvalue weighted by Gasteiger charge is 2.30. The van der Waals surface area contributed by atoms with Gasteiger partial charge in [-0.3, -0.25) is 13.7 Å². The molecule has 0 saturated carbocycles. The number of hydrogen-bond donors (Lipinski definition) is 2. The van der Waals surface area contributed by atoms with Crippen molar-refractivity contribution in [1.29, 1.82) is 0 Å². The van der Waals surface area contributed by atoms with E-state index in [1.54, 1.807) is 13.8 Å². The average Bonchev–Trinajstić information content (AvgIpc) is 2.69. The lowest BCUT2D eigenvalue weighted by Crippen LogP contribution is -2.40. The molecule has 0 fully saturated rings. The van der Waals surface area contributed by atoms with E-state index in [4.69, 9.17) is 0 Å². The van der Waals surface area contributed by atoms with E-state index in [9.17, 15) is 17.6 Å². The quantitative estimate of drug-likeness (QED) is 0.586. The first-order valence-corrected chi connectivity index (χ1v) is 11.1. The van der Waals surface area contributed by atoms with Gasteiger partial charge in [-0.1, -0.05) is 24.3 Å². The van der Waals surface area contributed by atoms with E-state index in [2.05, 4.69) is 41.5 Å². The summed E-state index contributed by atoms with van der Waals surface area (Å²) in [6, 6.07) is 10.3. The SMILES string of the molecule is COS(=O)(=O)Nc1ccc(C(C)(C)C(=O)NCCCc2ccc(C)c(C)c2)cc1F. The minimum Gasteiger partial charge on any atom is -0.355 e. The van der Waals surface area contributed by atoms with Crippen LogP contribution in [0.2, 0.25) is 0 Å². The minimum atomic E-state index is -4.07. The fourth-order valence-electron chi connectivity index (χ4n) is 2.97. The first kappa shape index (κ1) is 23.8. The summed E-state index contributed by atoms with van der Waals surface area (Å²) < 4.78 is 43.5. The van der Waals surface area contributed by atoms with Crippen molar-refractivity contribution in [1.82, 2.24) is 5.32 Å². The van der Waals surface area contributed by atoms with Gasteiger partial charge in [-0.2, -0.15) is 8.42 Å². The van der Waals surface area contributed by atoms with Gasteiger partial charge in [0.15, 0.2) is 0 Å². The number of nitrogens with one attached hydrogen (secondary N) is 2. The summed E-state index contributed by atoms with van der Waals surface area (Å²) >= 11 is 0. The molecule has 2 N–H and O–H groups in total. The Kier molecular flexibility index (Phi) is 7.60. The molecule has 0 aliphatic heterocycles. The Balaban J connectivity index is 1.97.